The van der Waals surface area contributed by atoms with E-state index in [9.17, 15) is 0 Å². The number of hydrogen-bond acceptors (Lipinski definition) is 3. The zero-order valence-electron chi connectivity index (χ0n) is 13.4. The van der Waals surface area contributed by atoms with E-state index in [2.05, 4.69) is 24.3 Å². The van der Waals surface area contributed by atoms with Crippen molar-refractivity contribution in [1.29, 1.82) is 5.41 Å². The first-order valence-electron chi connectivity index (χ1n) is 8.43. The van der Waals surface area contributed by atoms with Crippen molar-refractivity contribution in [3.8, 4) is 0 Å². The molecule has 2 rings (SSSR count). The van der Waals surface area contributed by atoms with Crippen LogP contribution >= 0.6 is 11.8 Å². The Morgan fingerprint density at radius 2 is 1.64 bits per heavy atom. The lowest BCUT2D eigenvalue weighted by Crippen LogP contribution is -2.22. The van der Waals surface area contributed by atoms with Crippen LogP contribution in [0.5, 0.6) is 0 Å². The van der Waals surface area contributed by atoms with Gasteiger partial charge in [0.25, 0.3) is 0 Å². The maximum atomic E-state index is 7.22. The van der Waals surface area contributed by atoms with Crippen molar-refractivity contribution in [2.24, 2.45) is 17.4 Å². The third kappa shape index (κ3) is 6.41. The van der Waals surface area contributed by atoms with Crippen LogP contribution in [0.1, 0.15) is 49.7 Å². The Kier molecular flexibility index (Phi) is 7.26. The van der Waals surface area contributed by atoms with Crippen molar-refractivity contribution in [2.45, 2.75) is 57.4 Å². The average Bonchev–Trinajstić information content (AvgIpc) is 2.46. The molecule has 1 saturated carbocycles. The lowest BCUT2D eigenvalue weighted by molar-refractivity contribution is 0.356. The van der Waals surface area contributed by atoms with Gasteiger partial charge in [-0.25, -0.2) is 0 Å². The van der Waals surface area contributed by atoms with Crippen molar-refractivity contribution >= 4 is 16.9 Å². The largest absolute Gasteiger partial charge is 0.379 e. The Morgan fingerprint density at radius 1 is 1.05 bits per heavy atom. The molecule has 5 N–H and O–H groups in total. The third-order valence-electron chi connectivity index (χ3n) is 4.57. The summed E-state index contributed by atoms with van der Waals surface area (Å²) in [6, 6.07) is 9.45. The van der Waals surface area contributed by atoms with Gasteiger partial charge in [0.15, 0.2) is 5.17 Å². The van der Waals surface area contributed by atoms with E-state index in [1.165, 1.54) is 67.8 Å². The molecule has 1 aromatic rings. The zero-order valence-corrected chi connectivity index (χ0v) is 14.2. The summed E-state index contributed by atoms with van der Waals surface area (Å²) in [7, 11) is 0. The number of benzene rings is 1. The molecule has 22 heavy (non-hydrogen) atoms. The fraction of sp³-hybridized carbons (Fsp3) is 0.611. The monoisotopic (exact) mass is 319 g/mol. The number of thioether (sulfide) groups is 1. The molecule has 0 unspecified atom stereocenters. The van der Waals surface area contributed by atoms with Gasteiger partial charge >= 0.3 is 0 Å². The fourth-order valence-electron chi connectivity index (χ4n) is 3.28. The SMILES string of the molecule is N=C(N)SCCc1ccc(CC2CCCC(N)CCC2)cc1. The van der Waals surface area contributed by atoms with Crippen molar-refractivity contribution in [2.75, 3.05) is 5.75 Å². The van der Waals surface area contributed by atoms with Gasteiger partial charge in [-0.2, -0.15) is 0 Å². The maximum absolute atomic E-state index is 7.22. The molecule has 122 valence electrons. The molecule has 1 aromatic carbocycles. The number of hydrogen-bond donors (Lipinski definition) is 3. The normalized spacial score (nSPS) is 22.8. The lowest BCUT2D eigenvalue weighted by Gasteiger charge is -2.22. The second-order valence-electron chi connectivity index (χ2n) is 6.47. The molecule has 1 aliphatic carbocycles. The van der Waals surface area contributed by atoms with E-state index >= 15 is 0 Å². The van der Waals surface area contributed by atoms with E-state index in [-0.39, 0.29) is 5.17 Å². The summed E-state index contributed by atoms with van der Waals surface area (Å²) in [6.07, 6.45) is 9.80. The second kappa shape index (κ2) is 9.21. The summed E-state index contributed by atoms with van der Waals surface area (Å²) in [4.78, 5) is 0. The van der Waals surface area contributed by atoms with Crippen LogP contribution in [-0.4, -0.2) is 17.0 Å². The van der Waals surface area contributed by atoms with Gasteiger partial charge < -0.3 is 11.5 Å². The minimum absolute atomic E-state index is 0.209. The van der Waals surface area contributed by atoms with Gasteiger partial charge in [-0.3, -0.25) is 5.41 Å². The van der Waals surface area contributed by atoms with Crippen molar-refractivity contribution in [1.82, 2.24) is 0 Å². The molecule has 1 fully saturated rings. The average molecular weight is 320 g/mol. The minimum atomic E-state index is 0.209. The minimum Gasteiger partial charge on any atom is -0.379 e. The summed E-state index contributed by atoms with van der Waals surface area (Å²) in [6.45, 7) is 0. The van der Waals surface area contributed by atoms with Crippen LogP contribution in [0.4, 0.5) is 0 Å². The lowest BCUT2D eigenvalue weighted by atomic mass is 9.85. The van der Waals surface area contributed by atoms with Crippen LogP contribution in [0.15, 0.2) is 24.3 Å². The number of nitrogens with one attached hydrogen (secondary N) is 1. The molecule has 1 aliphatic rings. The van der Waals surface area contributed by atoms with Crippen molar-refractivity contribution in [3.05, 3.63) is 35.4 Å². The molecular weight excluding hydrogens is 290 g/mol. The zero-order chi connectivity index (χ0) is 15.8. The molecule has 0 bridgehead atoms. The summed E-state index contributed by atoms with van der Waals surface area (Å²) < 4.78 is 0. The topological polar surface area (TPSA) is 75.9 Å². The smallest absolute Gasteiger partial charge is 0.151 e. The number of nitrogens with two attached hydrogens (primary N) is 2. The van der Waals surface area contributed by atoms with Crippen LogP contribution in [0.2, 0.25) is 0 Å². The summed E-state index contributed by atoms with van der Waals surface area (Å²) in [5.41, 5.74) is 14.2. The molecule has 3 nitrogen and oxygen atoms in total. The third-order valence-corrected chi connectivity index (χ3v) is 5.29. The van der Waals surface area contributed by atoms with Crippen molar-refractivity contribution < 1.29 is 0 Å². The molecule has 0 saturated heterocycles. The molecule has 0 aromatic heterocycles. The highest BCUT2D eigenvalue weighted by molar-refractivity contribution is 8.13. The number of rotatable bonds is 5. The van der Waals surface area contributed by atoms with E-state index in [4.69, 9.17) is 16.9 Å². The summed E-state index contributed by atoms with van der Waals surface area (Å²) in [5, 5.41) is 7.43. The van der Waals surface area contributed by atoms with E-state index in [1.54, 1.807) is 0 Å². The first-order chi connectivity index (χ1) is 10.6. The highest BCUT2D eigenvalue weighted by Crippen LogP contribution is 2.25. The summed E-state index contributed by atoms with van der Waals surface area (Å²) in [5.74, 6) is 1.71. The fourth-order valence-corrected chi connectivity index (χ4v) is 3.84. The van der Waals surface area contributed by atoms with Gasteiger partial charge in [-0.1, -0.05) is 61.7 Å². The molecular formula is C18H29N3S. The van der Waals surface area contributed by atoms with E-state index in [1.807, 2.05) is 0 Å². The first kappa shape index (κ1) is 17.4. The number of aryl methyl sites for hydroxylation is 1. The Bertz CT molecular complexity index is 448. The molecule has 0 atom stereocenters. The molecule has 4 heteroatoms. The number of amidine groups is 1. The van der Waals surface area contributed by atoms with Gasteiger partial charge in [-0.15, -0.1) is 0 Å². The van der Waals surface area contributed by atoms with Crippen LogP contribution in [0.25, 0.3) is 0 Å². The molecule has 0 radical (unpaired) electrons. The standard InChI is InChI=1S/C18H29N3S/c19-17-5-1-3-15(4-2-6-17)13-16-9-7-14(8-10-16)11-12-22-18(20)21/h7-10,15,17H,1-6,11-13,19H2,(H3,20,21). The van der Waals surface area contributed by atoms with Crippen LogP contribution in [-0.2, 0) is 12.8 Å². The quantitative estimate of drug-likeness (QED) is 0.572. The van der Waals surface area contributed by atoms with Gasteiger partial charge in [0.1, 0.15) is 0 Å². The molecule has 0 spiro atoms. The van der Waals surface area contributed by atoms with Crippen LogP contribution in [0.3, 0.4) is 0 Å². The Labute approximate surface area is 138 Å². The van der Waals surface area contributed by atoms with Gasteiger partial charge in [0.05, 0.1) is 0 Å². The highest BCUT2D eigenvalue weighted by Gasteiger charge is 2.15. The highest BCUT2D eigenvalue weighted by atomic mass is 32.2. The molecule has 0 heterocycles. The van der Waals surface area contributed by atoms with Gasteiger partial charge in [0, 0.05) is 11.8 Å². The Morgan fingerprint density at radius 3 is 2.23 bits per heavy atom. The predicted octanol–water partition coefficient (Wildman–Crippen LogP) is 3.70. The Balaban J connectivity index is 1.78. The van der Waals surface area contributed by atoms with Gasteiger partial charge in [0.2, 0.25) is 0 Å². The second-order valence-corrected chi connectivity index (χ2v) is 7.61. The van der Waals surface area contributed by atoms with E-state index < -0.39 is 0 Å². The molecule has 0 amide bonds. The Hall–Kier alpha value is -1.00. The summed E-state index contributed by atoms with van der Waals surface area (Å²) >= 11 is 1.41. The first-order valence-corrected chi connectivity index (χ1v) is 9.42. The van der Waals surface area contributed by atoms with Gasteiger partial charge in [-0.05, 0) is 42.7 Å². The van der Waals surface area contributed by atoms with E-state index in [0.717, 1.165) is 18.1 Å². The van der Waals surface area contributed by atoms with Crippen molar-refractivity contribution in [3.63, 3.8) is 0 Å². The van der Waals surface area contributed by atoms with Crippen LogP contribution < -0.4 is 11.5 Å². The van der Waals surface area contributed by atoms with Crippen LogP contribution in [0, 0.1) is 11.3 Å². The predicted molar refractivity (Wildman–Crippen MR) is 97.4 cm³/mol. The van der Waals surface area contributed by atoms with E-state index in [0.29, 0.717) is 6.04 Å². The maximum Gasteiger partial charge on any atom is 0.151 e. The molecule has 0 aliphatic heterocycles.